The molecule has 0 heterocycles. The maximum Gasteiger partial charge on any atom is 0.224 e. The summed E-state index contributed by atoms with van der Waals surface area (Å²) in [6, 6.07) is 4.92. The van der Waals surface area contributed by atoms with Crippen molar-refractivity contribution in [2.45, 2.75) is 31.1 Å². The van der Waals surface area contributed by atoms with Crippen LogP contribution in [0.3, 0.4) is 0 Å². The molecule has 1 amide bonds. The van der Waals surface area contributed by atoms with Crippen LogP contribution in [0.25, 0.3) is 0 Å². The van der Waals surface area contributed by atoms with Crippen LogP contribution in [-0.4, -0.2) is 27.1 Å². The topological polar surface area (TPSA) is 75.3 Å². The number of carbonyl (C=O) groups excluding carboxylic acids is 1. The van der Waals surface area contributed by atoms with E-state index in [2.05, 4.69) is 10.6 Å². The lowest BCUT2D eigenvalue weighted by Gasteiger charge is -2.16. The molecule has 20 heavy (non-hydrogen) atoms. The highest BCUT2D eigenvalue weighted by atomic mass is 32.2. The summed E-state index contributed by atoms with van der Waals surface area (Å²) in [7, 11) is -3.34. The van der Waals surface area contributed by atoms with Gasteiger partial charge in [0.25, 0.3) is 0 Å². The van der Waals surface area contributed by atoms with E-state index in [9.17, 15) is 13.2 Å². The summed E-state index contributed by atoms with van der Waals surface area (Å²) in [5.74, 6) is 0.475. The SMILES string of the molecule is CCC(=O)Nc1cccc(S(C)(=O)=O)c1NCC1CC1. The lowest BCUT2D eigenvalue weighted by molar-refractivity contribution is -0.115. The summed E-state index contributed by atoms with van der Waals surface area (Å²) < 4.78 is 23.7. The first-order valence-electron chi connectivity index (χ1n) is 6.78. The minimum atomic E-state index is -3.34. The Morgan fingerprint density at radius 1 is 1.35 bits per heavy atom. The van der Waals surface area contributed by atoms with Gasteiger partial charge in [0.15, 0.2) is 9.84 Å². The molecule has 1 aromatic carbocycles. The third-order valence-electron chi connectivity index (χ3n) is 3.29. The van der Waals surface area contributed by atoms with Crippen LogP contribution < -0.4 is 10.6 Å². The average Bonchev–Trinajstić information content (AvgIpc) is 3.19. The van der Waals surface area contributed by atoms with Crippen molar-refractivity contribution in [2.75, 3.05) is 23.4 Å². The Labute approximate surface area is 119 Å². The minimum Gasteiger partial charge on any atom is -0.382 e. The van der Waals surface area contributed by atoms with E-state index in [-0.39, 0.29) is 10.8 Å². The Hall–Kier alpha value is -1.56. The van der Waals surface area contributed by atoms with Gasteiger partial charge in [0.1, 0.15) is 0 Å². The predicted molar refractivity (Wildman–Crippen MR) is 79.7 cm³/mol. The van der Waals surface area contributed by atoms with E-state index >= 15 is 0 Å². The minimum absolute atomic E-state index is 0.134. The van der Waals surface area contributed by atoms with E-state index in [1.807, 2.05) is 0 Å². The van der Waals surface area contributed by atoms with Crippen LogP contribution >= 0.6 is 0 Å². The molecule has 110 valence electrons. The molecule has 1 aromatic rings. The molecular formula is C14H20N2O3S. The molecule has 1 aliphatic carbocycles. The number of anilines is 2. The second-order valence-corrected chi connectivity index (χ2v) is 7.16. The first-order chi connectivity index (χ1) is 9.41. The zero-order chi connectivity index (χ0) is 14.8. The Morgan fingerprint density at radius 2 is 2.05 bits per heavy atom. The van der Waals surface area contributed by atoms with Crippen LogP contribution in [0.1, 0.15) is 26.2 Å². The second-order valence-electron chi connectivity index (χ2n) is 5.18. The Morgan fingerprint density at radius 3 is 2.60 bits per heavy atom. The first kappa shape index (κ1) is 14.8. The molecule has 1 fully saturated rings. The Balaban J connectivity index is 2.35. The molecule has 0 saturated heterocycles. The van der Waals surface area contributed by atoms with Gasteiger partial charge in [-0.25, -0.2) is 8.42 Å². The van der Waals surface area contributed by atoms with Crippen molar-refractivity contribution in [1.29, 1.82) is 0 Å². The fraction of sp³-hybridized carbons (Fsp3) is 0.500. The van der Waals surface area contributed by atoms with Crippen molar-refractivity contribution < 1.29 is 13.2 Å². The third kappa shape index (κ3) is 3.72. The molecule has 5 nitrogen and oxygen atoms in total. The van der Waals surface area contributed by atoms with E-state index in [0.717, 1.165) is 6.54 Å². The van der Waals surface area contributed by atoms with E-state index < -0.39 is 9.84 Å². The molecule has 6 heteroatoms. The molecule has 0 aliphatic heterocycles. The van der Waals surface area contributed by atoms with E-state index in [4.69, 9.17) is 0 Å². The van der Waals surface area contributed by atoms with Crippen molar-refractivity contribution in [1.82, 2.24) is 0 Å². The van der Waals surface area contributed by atoms with Crippen LogP contribution in [0.15, 0.2) is 23.1 Å². The van der Waals surface area contributed by atoms with Gasteiger partial charge in [-0.3, -0.25) is 4.79 Å². The molecule has 0 aromatic heterocycles. The molecule has 0 bridgehead atoms. The van der Waals surface area contributed by atoms with Gasteiger partial charge < -0.3 is 10.6 Å². The summed E-state index contributed by atoms with van der Waals surface area (Å²) in [6.07, 6.45) is 3.87. The lowest BCUT2D eigenvalue weighted by atomic mass is 10.2. The highest BCUT2D eigenvalue weighted by Crippen LogP contribution is 2.33. The standard InChI is InChI=1S/C14H20N2O3S/c1-3-13(17)16-11-5-4-6-12(20(2,18)19)14(11)15-9-10-7-8-10/h4-6,10,15H,3,7-9H2,1-2H3,(H,16,17). The summed E-state index contributed by atoms with van der Waals surface area (Å²) in [4.78, 5) is 11.8. The maximum absolute atomic E-state index is 11.9. The number of carbonyl (C=O) groups is 1. The summed E-state index contributed by atoms with van der Waals surface area (Å²) in [6.45, 7) is 2.49. The normalized spacial score (nSPS) is 14.9. The zero-order valence-electron chi connectivity index (χ0n) is 11.8. The number of sulfone groups is 1. The van der Waals surface area contributed by atoms with Gasteiger partial charge >= 0.3 is 0 Å². The number of para-hydroxylation sites is 1. The second kappa shape index (κ2) is 5.83. The van der Waals surface area contributed by atoms with Gasteiger partial charge in [0.05, 0.1) is 16.3 Å². The van der Waals surface area contributed by atoms with Crippen molar-refractivity contribution in [3.05, 3.63) is 18.2 Å². The molecule has 2 N–H and O–H groups in total. The fourth-order valence-corrected chi connectivity index (χ4v) is 2.81. The fourth-order valence-electron chi connectivity index (χ4n) is 1.93. The van der Waals surface area contributed by atoms with Crippen molar-refractivity contribution in [3.8, 4) is 0 Å². The maximum atomic E-state index is 11.9. The molecule has 1 saturated carbocycles. The third-order valence-corrected chi connectivity index (χ3v) is 4.42. The van der Waals surface area contributed by atoms with Crippen LogP contribution in [-0.2, 0) is 14.6 Å². The largest absolute Gasteiger partial charge is 0.382 e. The summed E-state index contributed by atoms with van der Waals surface area (Å²) in [5.41, 5.74) is 1.03. The first-order valence-corrected chi connectivity index (χ1v) is 8.67. The molecule has 0 unspecified atom stereocenters. The van der Waals surface area contributed by atoms with E-state index in [0.29, 0.717) is 23.7 Å². The lowest BCUT2D eigenvalue weighted by Crippen LogP contribution is -2.15. The van der Waals surface area contributed by atoms with Crippen LogP contribution in [0.2, 0.25) is 0 Å². The molecule has 2 rings (SSSR count). The van der Waals surface area contributed by atoms with Crippen LogP contribution in [0.4, 0.5) is 11.4 Å². The number of rotatable bonds is 6. The summed E-state index contributed by atoms with van der Waals surface area (Å²) >= 11 is 0. The van der Waals surface area contributed by atoms with Gasteiger partial charge in [-0.2, -0.15) is 0 Å². The molecule has 0 atom stereocenters. The van der Waals surface area contributed by atoms with Crippen LogP contribution in [0.5, 0.6) is 0 Å². The van der Waals surface area contributed by atoms with Gasteiger partial charge in [0, 0.05) is 19.2 Å². The number of amides is 1. The van der Waals surface area contributed by atoms with Gasteiger partial charge in [-0.1, -0.05) is 13.0 Å². The molecule has 0 radical (unpaired) electrons. The van der Waals surface area contributed by atoms with Crippen molar-refractivity contribution in [2.24, 2.45) is 5.92 Å². The van der Waals surface area contributed by atoms with Crippen molar-refractivity contribution >= 4 is 27.1 Å². The molecule has 1 aliphatic rings. The number of hydrogen-bond donors (Lipinski definition) is 2. The van der Waals surface area contributed by atoms with Gasteiger partial charge in [-0.15, -0.1) is 0 Å². The monoisotopic (exact) mass is 296 g/mol. The van der Waals surface area contributed by atoms with Gasteiger partial charge in [0.2, 0.25) is 5.91 Å². The highest BCUT2D eigenvalue weighted by Gasteiger charge is 2.23. The summed E-state index contributed by atoms with van der Waals surface area (Å²) in [5, 5.41) is 5.94. The van der Waals surface area contributed by atoms with E-state index in [1.165, 1.54) is 19.1 Å². The van der Waals surface area contributed by atoms with Gasteiger partial charge in [-0.05, 0) is 30.9 Å². The zero-order valence-corrected chi connectivity index (χ0v) is 12.6. The quantitative estimate of drug-likeness (QED) is 0.844. The van der Waals surface area contributed by atoms with Crippen LogP contribution in [0, 0.1) is 5.92 Å². The average molecular weight is 296 g/mol. The molecule has 0 spiro atoms. The Kier molecular flexibility index (Phi) is 4.32. The van der Waals surface area contributed by atoms with Crippen molar-refractivity contribution in [3.63, 3.8) is 0 Å². The molecular weight excluding hydrogens is 276 g/mol. The Bertz CT molecular complexity index is 607. The highest BCUT2D eigenvalue weighted by molar-refractivity contribution is 7.90. The van der Waals surface area contributed by atoms with E-state index in [1.54, 1.807) is 25.1 Å². The number of nitrogens with one attached hydrogen (secondary N) is 2. The number of hydrogen-bond acceptors (Lipinski definition) is 4. The number of benzene rings is 1. The smallest absolute Gasteiger partial charge is 0.224 e. The predicted octanol–water partition coefficient (Wildman–Crippen LogP) is 2.26.